The van der Waals surface area contributed by atoms with Crippen molar-refractivity contribution in [3.63, 3.8) is 0 Å². The molecule has 0 saturated carbocycles. The molecule has 0 aromatic carbocycles. The summed E-state index contributed by atoms with van der Waals surface area (Å²) in [4.78, 5) is 10.4. The number of aromatic nitrogens is 2. The van der Waals surface area contributed by atoms with Crippen molar-refractivity contribution in [1.29, 1.82) is 0 Å². The fraction of sp³-hybridized carbons (Fsp3) is 0.692. The molecule has 3 heteroatoms. The molecule has 0 atom stereocenters. The molecular weight excluding hydrogens is 200 g/mol. The quantitative estimate of drug-likeness (QED) is 0.474. The van der Waals surface area contributed by atoms with E-state index in [0.29, 0.717) is 5.56 Å². The van der Waals surface area contributed by atoms with Gasteiger partial charge in [0.05, 0.1) is 11.8 Å². The third-order valence-electron chi connectivity index (χ3n) is 2.78. The molecule has 1 rings (SSSR count). The Morgan fingerprint density at radius 1 is 1.19 bits per heavy atom. The van der Waals surface area contributed by atoms with E-state index in [4.69, 9.17) is 0 Å². The van der Waals surface area contributed by atoms with Crippen molar-refractivity contribution in [2.24, 2.45) is 0 Å². The summed E-state index contributed by atoms with van der Waals surface area (Å²) in [7, 11) is 0. The van der Waals surface area contributed by atoms with Gasteiger partial charge in [-0.15, -0.1) is 0 Å². The summed E-state index contributed by atoms with van der Waals surface area (Å²) in [6.07, 6.45) is 13.4. The first-order valence-corrected chi connectivity index (χ1v) is 6.34. The Hall–Kier alpha value is -1.12. The predicted molar refractivity (Wildman–Crippen MR) is 65.6 cm³/mol. The summed E-state index contributed by atoms with van der Waals surface area (Å²) in [5, 5.41) is 4.12. The number of unbranched alkanes of at least 4 members (excludes halogenated alkanes) is 6. The second kappa shape index (κ2) is 8.08. The van der Waals surface area contributed by atoms with Crippen LogP contribution in [0.1, 0.15) is 62.2 Å². The molecule has 0 aliphatic carbocycles. The average Bonchev–Trinajstić information content (AvgIpc) is 2.76. The highest BCUT2D eigenvalue weighted by Gasteiger charge is 1.96. The van der Waals surface area contributed by atoms with E-state index in [1.807, 2.05) is 10.9 Å². The maximum atomic E-state index is 10.4. The van der Waals surface area contributed by atoms with Crippen LogP contribution in [0.2, 0.25) is 0 Å². The van der Waals surface area contributed by atoms with Gasteiger partial charge in [-0.05, 0) is 6.42 Å². The van der Waals surface area contributed by atoms with Gasteiger partial charge in [-0.25, -0.2) is 0 Å². The van der Waals surface area contributed by atoms with Crippen LogP contribution < -0.4 is 0 Å². The van der Waals surface area contributed by atoms with E-state index in [0.717, 1.165) is 19.3 Å². The molecule has 0 amide bonds. The molecule has 1 aromatic heterocycles. The fourth-order valence-electron chi connectivity index (χ4n) is 1.79. The Morgan fingerprint density at radius 2 is 1.88 bits per heavy atom. The number of hydrogen-bond acceptors (Lipinski definition) is 2. The van der Waals surface area contributed by atoms with Gasteiger partial charge in [0.1, 0.15) is 0 Å². The van der Waals surface area contributed by atoms with Gasteiger partial charge in [-0.2, -0.15) is 5.10 Å². The van der Waals surface area contributed by atoms with Crippen molar-refractivity contribution in [2.75, 3.05) is 0 Å². The highest BCUT2D eigenvalue weighted by Crippen LogP contribution is 2.07. The summed E-state index contributed by atoms with van der Waals surface area (Å²) in [6.45, 7) is 3.17. The number of aryl methyl sites for hydroxylation is 1. The average molecular weight is 222 g/mol. The van der Waals surface area contributed by atoms with Crippen LogP contribution in [0.3, 0.4) is 0 Å². The van der Waals surface area contributed by atoms with Crippen LogP contribution in [0.5, 0.6) is 0 Å². The van der Waals surface area contributed by atoms with Gasteiger partial charge in [0, 0.05) is 12.7 Å². The van der Waals surface area contributed by atoms with Gasteiger partial charge < -0.3 is 0 Å². The van der Waals surface area contributed by atoms with Crippen molar-refractivity contribution in [2.45, 2.75) is 58.4 Å². The molecule has 0 spiro atoms. The molecule has 0 fully saturated rings. The zero-order valence-electron chi connectivity index (χ0n) is 10.2. The Labute approximate surface area is 97.8 Å². The van der Waals surface area contributed by atoms with E-state index in [1.165, 1.54) is 38.5 Å². The van der Waals surface area contributed by atoms with Gasteiger partial charge in [0.2, 0.25) is 0 Å². The molecule has 0 saturated heterocycles. The van der Waals surface area contributed by atoms with Gasteiger partial charge in [0.15, 0.2) is 6.29 Å². The van der Waals surface area contributed by atoms with E-state index >= 15 is 0 Å². The normalized spacial score (nSPS) is 10.6. The lowest BCUT2D eigenvalue weighted by atomic mass is 10.1. The zero-order chi connectivity index (χ0) is 11.6. The third kappa shape index (κ3) is 5.10. The van der Waals surface area contributed by atoms with Crippen molar-refractivity contribution >= 4 is 6.29 Å². The number of nitrogens with zero attached hydrogens (tertiary/aromatic N) is 2. The minimum absolute atomic E-state index is 0.669. The fourth-order valence-corrected chi connectivity index (χ4v) is 1.79. The van der Waals surface area contributed by atoms with Crippen LogP contribution in [0.15, 0.2) is 12.4 Å². The molecule has 90 valence electrons. The SMILES string of the molecule is CCCCCCCCCn1cc(C=O)cn1. The molecule has 0 bridgehead atoms. The van der Waals surface area contributed by atoms with Crippen LogP contribution in [0.4, 0.5) is 0 Å². The Morgan fingerprint density at radius 3 is 2.50 bits per heavy atom. The van der Waals surface area contributed by atoms with Gasteiger partial charge in [-0.3, -0.25) is 9.48 Å². The van der Waals surface area contributed by atoms with Crippen LogP contribution in [0.25, 0.3) is 0 Å². The zero-order valence-corrected chi connectivity index (χ0v) is 10.2. The van der Waals surface area contributed by atoms with Gasteiger partial charge in [-0.1, -0.05) is 45.4 Å². The maximum Gasteiger partial charge on any atom is 0.153 e. The summed E-state index contributed by atoms with van der Waals surface area (Å²) in [6, 6.07) is 0. The summed E-state index contributed by atoms with van der Waals surface area (Å²) >= 11 is 0. The highest BCUT2D eigenvalue weighted by atomic mass is 16.1. The van der Waals surface area contributed by atoms with E-state index in [-0.39, 0.29) is 0 Å². The third-order valence-corrected chi connectivity index (χ3v) is 2.78. The number of rotatable bonds is 9. The molecule has 0 aliphatic heterocycles. The Balaban J connectivity index is 2.00. The van der Waals surface area contributed by atoms with E-state index < -0.39 is 0 Å². The van der Waals surface area contributed by atoms with Crippen LogP contribution in [-0.2, 0) is 6.54 Å². The van der Waals surface area contributed by atoms with Crippen LogP contribution in [0, 0.1) is 0 Å². The number of hydrogen-bond donors (Lipinski definition) is 0. The monoisotopic (exact) mass is 222 g/mol. The Bertz CT molecular complexity index is 294. The molecule has 1 heterocycles. The molecular formula is C13H22N2O. The minimum Gasteiger partial charge on any atom is -0.298 e. The first-order valence-electron chi connectivity index (χ1n) is 6.34. The first kappa shape index (κ1) is 12.9. The molecule has 3 nitrogen and oxygen atoms in total. The minimum atomic E-state index is 0.669. The summed E-state index contributed by atoms with van der Waals surface area (Å²) in [5.41, 5.74) is 0.669. The maximum absolute atomic E-state index is 10.4. The smallest absolute Gasteiger partial charge is 0.153 e. The first-order chi connectivity index (χ1) is 7.86. The van der Waals surface area contributed by atoms with Crippen molar-refractivity contribution in [3.05, 3.63) is 18.0 Å². The lowest BCUT2D eigenvalue weighted by molar-refractivity contribution is 0.112. The molecule has 0 radical (unpaired) electrons. The van der Waals surface area contributed by atoms with Crippen LogP contribution in [-0.4, -0.2) is 16.1 Å². The second-order valence-corrected chi connectivity index (χ2v) is 4.28. The standard InChI is InChI=1S/C13H22N2O/c1-2-3-4-5-6-7-8-9-15-11-13(12-16)10-14-15/h10-12H,2-9H2,1H3. The predicted octanol–water partition coefficient (Wildman–Crippen LogP) is 3.45. The van der Waals surface area contributed by atoms with Crippen molar-refractivity contribution < 1.29 is 4.79 Å². The molecule has 0 unspecified atom stereocenters. The Kier molecular flexibility index (Phi) is 6.54. The van der Waals surface area contributed by atoms with Gasteiger partial charge >= 0.3 is 0 Å². The van der Waals surface area contributed by atoms with E-state index in [1.54, 1.807) is 6.20 Å². The number of carbonyl (C=O) groups excluding carboxylic acids is 1. The van der Waals surface area contributed by atoms with Crippen molar-refractivity contribution in [1.82, 2.24) is 9.78 Å². The van der Waals surface area contributed by atoms with E-state index in [2.05, 4.69) is 12.0 Å². The molecule has 1 aromatic rings. The van der Waals surface area contributed by atoms with Crippen LogP contribution >= 0.6 is 0 Å². The molecule has 0 aliphatic rings. The topological polar surface area (TPSA) is 34.9 Å². The molecule has 0 N–H and O–H groups in total. The second-order valence-electron chi connectivity index (χ2n) is 4.28. The summed E-state index contributed by atoms with van der Waals surface area (Å²) in [5.74, 6) is 0. The lowest BCUT2D eigenvalue weighted by Gasteiger charge is -2.01. The largest absolute Gasteiger partial charge is 0.298 e. The number of aldehydes is 1. The van der Waals surface area contributed by atoms with E-state index in [9.17, 15) is 4.79 Å². The molecule has 16 heavy (non-hydrogen) atoms. The number of carbonyl (C=O) groups is 1. The summed E-state index contributed by atoms with van der Waals surface area (Å²) < 4.78 is 1.86. The lowest BCUT2D eigenvalue weighted by Crippen LogP contribution is -1.97. The van der Waals surface area contributed by atoms with Crippen molar-refractivity contribution in [3.8, 4) is 0 Å². The van der Waals surface area contributed by atoms with Gasteiger partial charge in [0.25, 0.3) is 0 Å². The highest BCUT2D eigenvalue weighted by molar-refractivity contribution is 5.73.